The van der Waals surface area contributed by atoms with E-state index in [1.807, 2.05) is 11.9 Å². The zero-order valence-corrected chi connectivity index (χ0v) is 17.7. The molecule has 1 aromatic carbocycles. The second-order valence-electron chi connectivity index (χ2n) is 9.67. The van der Waals surface area contributed by atoms with Gasteiger partial charge in [-0.1, -0.05) is 44.1 Å². The molecule has 1 heterocycles. The minimum atomic E-state index is -0.716. The molecule has 2 fully saturated rings. The Morgan fingerprint density at radius 1 is 1.38 bits per heavy atom. The average molecular weight is 400 g/mol. The van der Waals surface area contributed by atoms with Crippen LogP contribution in [0.15, 0.2) is 35.9 Å². The molecule has 0 radical (unpaired) electrons. The number of rotatable bonds is 5. The second kappa shape index (κ2) is 7.77. The second-order valence-corrected chi connectivity index (χ2v) is 9.67. The molecule has 1 aromatic rings. The van der Waals surface area contributed by atoms with E-state index in [2.05, 4.69) is 19.9 Å². The van der Waals surface area contributed by atoms with Crippen molar-refractivity contribution in [1.29, 1.82) is 0 Å². The number of aromatic hydroxyl groups is 1. The summed E-state index contributed by atoms with van der Waals surface area (Å²) in [6.45, 7) is 5.61. The molecule has 1 saturated heterocycles. The number of esters is 1. The molecule has 5 nitrogen and oxygen atoms in total. The van der Waals surface area contributed by atoms with Crippen molar-refractivity contribution in [3.8, 4) is 5.75 Å². The third-order valence-electron chi connectivity index (χ3n) is 7.33. The van der Waals surface area contributed by atoms with Gasteiger partial charge in [0.05, 0.1) is 12.0 Å². The van der Waals surface area contributed by atoms with E-state index in [1.54, 1.807) is 24.3 Å². The minimum absolute atomic E-state index is 0.0176. The number of benzene rings is 1. The Morgan fingerprint density at radius 2 is 2.17 bits per heavy atom. The van der Waals surface area contributed by atoms with Crippen LogP contribution in [0.1, 0.15) is 51.2 Å². The van der Waals surface area contributed by atoms with Gasteiger partial charge in [0.1, 0.15) is 11.9 Å². The third-order valence-corrected chi connectivity index (χ3v) is 7.33. The van der Waals surface area contributed by atoms with Crippen molar-refractivity contribution in [2.75, 3.05) is 20.1 Å². The van der Waals surface area contributed by atoms with Crippen LogP contribution in [0.25, 0.3) is 0 Å². The molecule has 3 aliphatic rings. The van der Waals surface area contributed by atoms with Crippen molar-refractivity contribution in [3.63, 3.8) is 0 Å². The number of fused-ring (bicyclic) bond motifs is 2. The van der Waals surface area contributed by atoms with Gasteiger partial charge in [-0.3, -0.25) is 4.79 Å². The first kappa shape index (κ1) is 20.4. The standard InChI is InChI=1S/C24H33NO4/c1-15-6-5-9-24(2)12-22-18(11-20(15)24)19(23(28)29-22)13-25(3)14-21(27)16-7-4-8-17(26)10-16/h4,7-8,10-11,15,18-19,21-22,26-27H,5-6,9,12-14H2,1-3H3/t15-,18-,19?,21+,22-,24+/m1/s1. The summed E-state index contributed by atoms with van der Waals surface area (Å²) in [7, 11) is 1.93. The fraction of sp³-hybridized carbons (Fsp3) is 0.625. The predicted molar refractivity (Wildman–Crippen MR) is 111 cm³/mol. The number of ether oxygens (including phenoxy) is 1. The maximum atomic E-state index is 12.7. The molecule has 158 valence electrons. The van der Waals surface area contributed by atoms with Crippen LogP contribution in [0.2, 0.25) is 0 Å². The van der Waals surface area contributed by atoms with E-state index in [9.17, 15) is 15.0 Å². The van der Waals surface area contributed by atoms with Gasteiger partial charge in [0.2, 0.25) is 0 Å². The molecule has 6 atom stereocenters. The Morgan fingerprint density at radius 3 is 2.93 bits per heavy atom. The topological polar surface area (TPSA) is 70.0 Å². The van der Waals surface area contributed by atoms with Gasteiger partial charge in [0.25, 0.3) is 0 Å². The molecule has 0 bridgehead atoms. The van der Waals surface area contributed by atoms with Gasteiger partial charge in [0, 0.05) is 19.0 Å². The van der Waals surface area contributed by atoms with Gasteiger partial charge in [-0.25, -0.2) is 0 Å². The van der Waals surface area contributed by atoms with Crippen LogP contribution in [0.4, 0.5) is 0 Å². The zero-order valence-electron chi connectivity index (χ0n) is 17.7. The van der Waals surface area contributed by atoms with Crippen molar-refractivity contribution in [2.45, 2.75) is 51.7 Å². The van der Waals surface area contributed by atoms with Crippen LogP contribution < -0.4 is 0 Å². The third kappa shape index (κ3) is 3.95. The molecular weight excluding hydrogens is 366 g/mol. The van der Waals surface area contributed by atoms with Crippen molar-refractivity contribution in [3.05, 3.63) is 41.5 Å². The smallest absolute Gasteiger partial charge is 0.311 e. The first-order valence-corrected chi connectivity index (χ1v) is 10.8. The van der Waals surface area contributed by atoms with Crippen molar-refractivity contribution in [2.24, 2.45) is 23.2 Å². The lowest BCUT2D eigenvalue weighted by Gasteiger charge is -2.46. The van der Waals surface area contributed by atoms with Crippen LogP contribution in [0.5, 0.6) is 5.75 Å². The van der Waals surface area contributed by atoms with E-state index in [1.165, 1.54) is 24.8 Å². The largest absolute Gasteiger partial charge is 0.508 e. The van der Waals surface area contributed by atoms with Gasteiger partial charge >= 0.3 is 5.97 Å². The number of carbonyl (C=O) groups is 1. The van der Waals surface area contributed by atoms with Crippen LogP contribution in [-0.4, -0.2) is 47.3 Å². The van der Waals surface area contributed by atoms with Crippen molar-refractivity contribution >= 4 is 5.97 Å². The van der Waals surface area contributed by atoms with Crippen molar-refractivity contribution < 1.29 is 19.7 Å². The fourth-order valence-electron chi connectivity index (χ4n) is 5.80. The zero-order chi connectivity index (χ0) is 20.8. The van der Waals surface area contributed by atoms with E-state index >= 15 is 0 Å². The number of carbonyl (C=O) groups excluding carboxylic acids is 1. The van der Waals surface area contributed by atoms with Gasteiger partial charge in [-0.15, -0.1) is 0 Å². The fourth-order valence-corrected chi connectivity index (χ4v) is 5.80. The van der Waals surface area contributed by atoms with E-state index in [4.69, 9.17) is 4.74 Å². The Labute approximate surface area is 173 Å². The van der Waals surface area contributed by atoms with Crippen LogP contribution in [0, 0.1) is 23.2 Å². The summed E-state index contributed by atoms with van der Waals surface area (Å²) in [4.78, 5) is 14.7. The molecule has 5 heteroatoms. The van der Waals surface area contributed by atoms with Gasteiger partial charge < -0.3 is 19.8 Å². The molecule has 1 saturated carbocycles. The molecule has 1 unspecified atom stereocenters. The summed E-state index contributed by atoms with van der Waals surface area (Å²) in [5, 5.41) is 20.2. The number of phenols is 1. The number of aliphatic hydroxyl groups is 1. The summed E-state index contributed by atoms with van der Waals surface area (Å²) < 4.78 is 5.83. The highest BCUT2D eigenvalue weighted by atomic mass is 16.6. The number of allylic oxidation sites excluding steroid dienone is 1. The van der Waals surface area contributed by atoms with Gasteiger partial charge in [-0.05, 0) is 55.3 Å². The summed E-state index contributed by atoms with van der Waals surface area (Å²) in [5.41, 5.74) is 2.37. The monoisotopic (exact) mass is 399 g/mol. The summed E-state index contributed by atoms with van der Waals surface area (Å²) in [6.07, 6.45) is 6.24. The number of aliphatic hydroxyl groups excluding tert-OH is 1. The predicted octanol–water partition coefficient (Wildman–Crippen LogP) is 3.67. The Bertz CT molecular complexity index is 806. The number of nitrogens with zero attached hydrogens (tertiary/aromatic N) is 1. The Hall–Kier alpha value is -1.85. The normalized spacial score (nSPS) is 34.9. The number of hydrogen-bond acceptors (Lipinski definition) is 5. The van der Waals surface area contributed by atoms with Crippen LogP contribution >= 0.6 is 0 Å². The first-order valence-electron chi connectivity index (χ1n) is 10.8. The highest BCUT2D eigenvalue weighted by Gasteiger charge is 2.51. The molecule has 0 spiro atoms. The highest BCUT2D eigenvalue weighted by molar-refractivity contribution is 5.76. The molecule has 29 heavy (non-hydrogen) atoms. The lowest BCUT2D eigenvalue weighted by Crippen LogP contribution is -2.40. The van der Waals surface area contributed by atoms with Crippen molar-refractivity contribution in [1.82, 2.24) is 4.90 Å². The molecular formula is C24H33NO4. The summed E-state index contributed by atoms with van der Waals surface area (Å²) >= 11 is 0. The number of likely N-dealkylation sites (N-methyl/N-ethyl adjacent to an activating group) is 1. The van der Waals surface area contributed by atoms with E-state index in [-0.39, 0.29) is 35.1 Å². The van der Waals surface area contributed by atoms with Crippen LogP contribution in [-0.2, 0) is 9.53 Å². The summed E-state index contributed by atoms with van der Waals surface area (Å²) in [5.74, 6) is 0.561. The molecule has 0 amide bonds. The molecule has 0 aromatic heterocycles. The van der Waals surface area contributed by atoms with E-state index < -0.39 is 6.10 Å². The highest BCUT2D eigenvalue weighted by Crippen LogP contribution is 2.53. The SMILES string of the molecule is C[C@@H]1CCC[C@@]2(C)C[C@H]3OC(=O)C(CN(C)C[C@H](O)c4cccc(O)c4)[C@H]3C=C12. The van der Waals surface area contributed by atoms with E-state index in [0.29, 0.717) is 24.6 Å². The lowest BCUT2D eigenvalue weighted by molar-refractivity contribution is -0.145. The van der Waals surface area contributed by atoms with Gasteiger partial charge in [-0.2, -0.15) is 0 Å². The Kier molecular flexibility index (Phi) is 5.47. The first-order chi connectivity index (χ1) is 13.8. The quantitative estimate of drug-likeness (QED) is 0.584. The summed E-state index contributed by atoms with van der Waals surface area (Å²) in [6, 6.07) is 6.69. The minimum Gasteiger partial charge on any atom is -0.508 e. The molecule has 1 aliphatic heterocycles. The molecule has 4 rings (SSSR count). The maximum Gasteiger partial charge on any atom is 0.311 e. The lowest BCUT2D eigenvalue weighted by atomic mass is 9.59. The van der Waals surface area contributed by atoms with E-state index in [0.717, 1.165) is 6.42 Å². The number of hydrogen-bond donors (Lipinski definition) is 2. The molecule has 2 N–H and O–H groups in total. The number of phenolic OH excluding ortho intramolecular Hbond substituents is 1. The average Bonchev–Trinajstić information content (AvgIpc) is 2.94. The van der Waals surface area contributed by atoms with Gasteiger partial charge in [0.15, 0.2) is 0 Å². The molecule has 2 aliphatic carbocycles. The Balaban J connectivity index is 1.46. The maximum absolute atomic E-state index is 12.7. The van der Waals surface area contributed by atoms with Crippen LogP contribution in [0.3, 0.4) is 0 Å².